The first-order valence-electron chi connectivity index (χ1n) is 4.09. The summed E-state index contributed by atoms with van der Waals surface area (Å²) in [6.07, 6.45) is 0. The molecule has 2 nitrogen and oxygen atoms in total. The molecule has 2 rings (SSSR count). The molecule has 0 aromatic heterocycles. The third-order valence-corrected chi connectivity index (χ3v) is 2.04. The second kappa shape index (κ2) is 2.98. The van der Waals surface area contributed by atoms with Crippen molar-refractivity contribution >= 4 is 16.5 Å². The number of hydrogen-bond donors (Lipinski definition) is 0. The summed E-state index contributed by atoms with van der Waals surface area (Å²) in [5.41, 5.74) is 8.02. The van der Waals surface area contributed by atoms with Crippen LogP contribution in [0, 0.1) is 0 Å². The van der Waals surface area contributed by atoms with Crippen LogP contribution in [0.2, 0.25) is 0 Å². The molecule has 0 atom stereocenters. The third-order valence-electron chi connectivity index (χ3n) is 2.04. The lowest BCUT2D eigenvalue weighted by molar-refractivity contribution is 0.420. The van der Waals surface area contributed by atoms with Gasteiger partial charge in [0.2, 0.25) is 0 Å². The Morgan fingerprint density at radius 1 is 1.15 bits per heavy atom. The van der Waals surface area contributed by atoms with Gasteiger partial charge in [-0.15, -0.1) is 0 Å². The van der Waals surface area contributed by atoms with Crippen molar-refractivity contribution in [1.29, 1.82) is 0 Å². The van der Waals surface area contributed by atoms with Crippen molar-refractivity contribution in [3.63, 3.8) is 0 Å². The van der Waals surface area contributed by atoms with Gasteiger partial charge in [-0.2, -0.15) is 0 Å². The first-order valence-corrected chi connectivity index (χ1v) is 4.09. The van der Waals surface area contributed by atoms with Gasteiger partial charge in [-0.05, 0) is 11.5 Å². The molecule has 2 aromatic carbocycles. The largest absolute Gasteiger partial charge is 0.496 e. The molecule has 0 unspecified atom stereocenters. The SMILES string of the molecule is COc1cc([NH])cc2ccccc12. The molecular weight excluding hydrogens is 162 g/mol. The van der Waals surface area contributed by atoms with E-state index < -0.39 is 0 Å². The number of rotatable bonds is 1. The van der Waals surface area contributed by atoms with Gasteiger partial charge in [0, 0.05) is 11.5 Å². The molecule has 1 N–H and O–H groups in total. The summed E-state index contributed by atoms with van der Waals surface area (Å²) in [5.74, 6) is 0.767. The monoisotopic (exact) mass is 172 g/mol. The Morgan fingerprint density at radius 3 is 2.69 bits per heavy atom. The minimum absolute atomic E-state index is 0.482. The molecule has 2 heteroatoms. The topological polar surface area (TPSA) is 33.0 Å². The highest BCUT2D eigenvalue weighted by Gasteiger charge is 2.01. The maximum atomic E-state index is 7.54. The number of benzene rings is 2. The molecule has 0 amide bonds. The highest BCUT2D eigenvalue weighted by atomic mass is 16.5. The van der Waals surface area contributed by atoms with Crippen molar-refractivity contribution in [3.05, 3.63) is 36.4 Å². The lowest BCUT2D eigenvalue weighted by Crippen LogP contribution is -1.85. The zero-order valence-electron chi connectivity index (χ0n) is 7.37. The van der Waals surface area contributed by atoms with E-state index in [9.17, 15) is 0 Å². The van der Waals surface area contributed by atoms with E-state index in [-0.39, 0.29) is 0 Å². The summed E-state index contributed by atoms with van der Waals surface area (Å²) < 4.78 is 5.19. The predicted octanol–water partition coefficient (Wildman–Crippen LogP) is 2.76. The van der Waals surface area contributed by atoms with Crippen molar-refractivity contribution in [2.24, 2.45) is 0 Å². The van der Waals surface area contributed by atoms with Gasteiger partial charge in [0.05, 0.1) is 12.8 Å². The Kier molecular flexibility index (Phi) is 1.81. The summed E-state index contributed by atoms with van der Waals surface area (Å²) >= 11 is 0. The molecule has 0 saturated heterocycles. The molecule has 0 fully saturated rings. The van der Waals surface area contributed by atoms with E-state index in [1.807, 2.05) is 30.3 Å². The molecule has 2 aromatic rings. The minimum Gasteiger partial charge on any atom is -0.496 e. The first-order chi connectivity index (χ1) is 6.31. The van der Waals surface area contributed by atoms with E-state index in [2.05, 4.69) is 0 Å². The standard InChI is InChI=1S/C11H10NO/c1-13-11-7-9(12)6-8-4-2-3-5-10(8)11/h2-7,12H,1H3. The van der Waals surface area contributed by atoms with Crippen molar-refractivity contribution in [2.45, 2.75) is 0 Å². The normalized spacial score (nSPS) is 10.2. The number of methoxy groups -OCH3 is 1. The molecule has 0 saturated carbocycles. The van der Waals surface area contributed by atoms with Crippen LogP contribution >= 0.6 is 0 Å². The third kappa shape index (κ3) is 1.31. The van der Waals surface area contributed by atoms with Gasteiger partial charge in [-0.1, -0.05) is 24.3 Å². The van der Waals surface area contributed by atoms with Crippen molar-refractivity contribution in [1.82, 2.24) is 5.73 Å². The van der Waals surface area contributed by atoms with E-state index in [1.165, 1.54) is 0 Å². The summed E-state index contributed by atoms with van der Waals surface area (Å²) in [6, 6.07) is 11.5. The summed E-state index contributed by atoms with van der Waals surface area (Å²) in [6.45, 7) is 0. The van der Waals surface area contributed by atoms with Crippen LogP contribution in [0.3, 0.4) is 0 Å². The van der Waals surface area contributed by atoms with Crippen molar-refractivity contribution in [3.8, 4) is 5.75 Å². The smallest absolute Gasteiger partial charge is 0.128 e. The van der Waals surface area contributed by atoms with Crippen LogP contribution in [0.15, 0.2) is 36.4 Å². The van der Waals surface area contributed by atoms with Gasteiger partial charge >= 0.3 is 0 Å². The zero-order valence-corrected chi connectivity index (χ0v) is 7.37. The van der Waals surface area contributed by atoms with Gasteiger partial charge in [0.15, 0.2) is 0 Å². The zero-order chi connectivity index (χ0) is 9.26. The maximum Gasteiger partial charge on any atom is 0.128 e. The van der Waals surface area contributed by atoms with Crippen LogP contribution in [-0.2, 0) is 0 Å². The average molecular weight is 172 g/mol. The van der Waals surface area contributed by atoms with Crippen LogP contribution < -0.4 is 10.5 Å². The second-order valence-electron chi connectivity index (χ2n) is 2.90. The Bertz CT molecular complexity index is 437. The lowest BCUT2D eigenvalue weighted by atomic mass is 10.1. The first kappa shape index (κ1) is 7.92. The Morgan fingerprint density at radius 2 is 1.92 bits per heavy atom. The summed E-state index contributed by atoms with van der Waals surface area (Å²) in [4.78, 5) is 0. The second-order valence-corrected chi connectivity index (χ2v) is 2.90. The maximum absolute atomic E-state index is 7.54. The van der Waals surface area contributed by atoms with Crippen LogP contribution in [0.5, 0.6) is 5.75 Å². The van der Waals surface area contributed by atoms with Crippen LogP contribution in [0.1, 0.15) is 0 Å². The fourth-order valence-corrected chi connectivity index (χ4v) is 1.44. The van der Waals surface area contributed by atoms with Crippen LogP contribution in [0.25, 0.3) is 10.8 Å². The summed E-state index contributed by atoms with van der Waals surface area (Å²) in [5, 5.41) is 2.10. The molecule has 0 aliphatic heterocycles. The molecule has 13 heavy (non-hydrogen) atoms. The van der Waals surface area contributed by atoms with Crippen LogP contribution in [0.4, 0.5) is 5.69 Å². The van der Waals surface area contributed by atoms with Gasteiger partial charge in [0.25, 0.3) is 0 Å². The van der Waals surface area contributed by atoms with E-state index >= 15 is 0 Å². The Labute approximate surface area is 76.9 Å². The van der Waals surface area contributed by atoms with Crippen LogP contribution in [-0.4, -0.2) is 7.11 Å². The van der Waals surface area contributed by atoms with Crippen molar-refractivity contribution < 1.29 is 4.74 Å². The average Bonchev–Trinajstić information content (AvgIpc) is 2.16. The van der Waals surface area contributed by atoms with E-state index in [4.69, 9.17) is 10.5 Å². The molecule has 0 aliphatic rings. The van der Waals surface area contributed by atoms with Gasteiger partial charge < -0.3 is 10.5 Å². The van der Waals surface area contributed by atoms with Gasteiger partial charge in [-0.25, -0.2) is 0 Å². The number of hydrogen-bond acceptors (Lipinski definition) is 1. The molecule has 0 heterocycles. The molecule has 0 bridgehead atoms. The Balaban J connectivity index is 2.81. The molecule has 1 radical (unpaired) electrons. The fraction of sp³-hybridized carbons (Fsp3) is 0.0909. The molecular formula is C11H10NO. The molecule has 0 aliphatic carbocycles. The quantitative estimate of drug-likeness (QED) is 0.651. The molecule has 65 valence electrons. The highest BCUT2D eigenvalue weighted by Crippen LogP contribution is 2.28. The van der Waals surface area contributed by atoms with E-state index in [0.717, 1.165) is 16.5 Å². The number of fused-ring (bicyclic) bond motifs is 1. The number of ether oxygens (including phenoxy) is 1. The number of nitrogens with one attached hydrogen (secondary N) is 1. The summed E-state index contributed by atoms with van der Waals surface area (Å²) in [7, 11) is 1.63. The van der Waals surface area contributed by atoms with Crippen molar-refractivity contribution in [2.75, 3.05) is 7.11 Å². The van der Waals surface area contributed by atoms with Gasteiger partial charge in [0.1, 0.15) is 5.75 Å². The minimum atomic E-state index is 0.482. The predicted molar refractivity (Wildman–Crippen MR) is 53.3 cm³/mol. The molecule has 0 spiro atoms. The van der Waals surface area contributed by atoms with Gasteiger partial charge in [-0.3, -0.25) is 0 Å². The lowest BCUT2D eigenvalue weighted by Gasteiger charge is -2.05. The fourth-order valence-electron chi connectivity index (χ4n) is 1.44. The Hall–Kier alpha value is -1.70. The van der Waals surface area contributed by atoms with E-state index in [0.29, 0.717) is 5.69 Å². The highest BCUT2D eigenvalue weighted by molar-refractivity contribution is 5.90. The van der Waals surface area contributed by atoms with E-state index in [1.54, 1.807) is 13.2 Å².